The van der Waals surface area contributed by atoms with Crippen LogP contribution in [0.4, 0.5) is 5.13 Å². The summed E-state index contributed by atoms with van der Waals surface area (Å²) in [6, 6.07) is 8.53. The molecule has 1 aliphatic heterocycles. The van der Waals surface area contributed by atoms with Crippen LogP contribution in [0.2, 0.25) is 0 Å². The number of fused-ring (bicyclic) bond motifs is 2. The van der Waals surface area contributed by atoms with E-state index in [1.165, 1.54) is 23.4 Å². The molecule has 1 aliphatic carbocycles. The number of rotatable bonds is 7. The molecule has 1 fully saturated rings. The van der Waals surface area contributed by atoms with Crippen molar-refractivity contribution in [2.45, 2.75) is 38.6 Å². The van der Waals surface area contributed by atoms with Crippen LogP contribution in [-0.2, 0) is 12.8 Å². The lowest BCUT2D eigenvalue weighted by atomic mass is 9.96. The third-order valence-electron chi connectivity index (χ3n) is 7.12. The van der Waals surface area contributed by atoms with E-state index in [1.54, 1.807) is 11.3 Å². The van der Waals surface area contributed by atoms with Gasteiger partial charge in [-0.05, 0) is 56.5 Å². The molecule has 7 nitrogen and oxygen atoms in total. The van der Waals surface area contributed by atoms with Crippen molar-refractivity contribution in [3.05, 3.63) is 46.6 Å². The summed E-state index contributed by atoms with van der Waals surface area (Å²) in [7, 11) is 0. The van der Waals surface area contributed by atoms with E-state index in [1.807, 2.05) is 35.4 Å². The van der Waals surface area contributed by atoms with Gasteiger partial charge < -0.3 is 15.6 Å². The zero-order valence-corrected chi connectivity index (χ0v) is 20.2. The highest BCUT2D eigenvalue weighted by molar-refractivity contribution is 7.15. The van der Waals surface area contributed by atoms with Gasteiger partial charge in [0.1, 0.15) is 0 Å². The van der Waals surface area contributed by atoms with Gasteiger partial charge in [0.05, 0.1) is 5.69 Å². The molecule has 2 aliphatic rings. The lowest BCUT2D eigenvalue weighted by molar-refractivity contribution is 0.0609. The van der Waals surface area contributed by atoms with Crippen molar-refractivity contribution in [1.29, 1.82) is 0 Å². The second-order valence-corrected chi connectivity index (χ2v) is 10.4. The van der Waals surface area contributed by atoms with Gasteiger partial charge >= 0.3 is 0 Å². The van der Waals surface area contributed by atoms with E-state index in [0.717, 1.165) is 75.1 Å². The first-order valence-electron chi connectivity index (χ1n) is 12.2. The number of nitrogens with two attached hydrogens (primary N) is 1. The highest BCUT2D eigenvalue weighted by Gasteiger charge is 2.28. The fourth-order valence-corrected chi connectivity index (χ4v) is 6.22. The SMILES string of the molecule is CCCN(CCN1CCN(C(=O)c2ccc3[nH]ccc3c2)CC1)[C@@H]1CCc2nc(N)sc2C1. The smallest absolute Gasteiger partial charge is 0.253 e. The number of nitrogens with zero attached hydrogens (tertiary/aromatic N) is 4. The first kappa shape index (κ1) is 22.4. The lowest BCUT2D eigenvalue weighted by Gasteiger charge is -2.38. The summed E-state index contributed by atoms with van der Waals surface area (Å²) in [6.07, 6.45) is 6.38. The van der Waals surface area contributed by atoms with Gasteiger partial charge in [-0.1, -0.05) is 6.92 Å². The molecule has 33 heavy (non-hydrogen) atoms. The summed E-state index contributed by atoms with van der Waals surface area (Å²) < 4.78 is 0. The molecule has 0 saturated carbocycles. The standard InChI is InChI=1S/C25H34N6OS/c1-2-9-30(20-4-6-22-23(17-20)33-25(26)28-22)13-10-29-11-14-31(15-12-29)24(32)19-3-5-21-18(16-19)7-8-27-21/h3,5,7-8,16,20,27H,2,4,6,9-15,17H2,1H3,(H2,26,28)/t20-/m1/s1. The Morgan fingerprint density at radius 2 is 2.09 bits per heavy atom. The minimum atomic E-state index is 0.146. The molecule has 0 unspecified atom stereocenters. The Balaban J connectivity index is 1.13. The first-order chi connectivity index (χ1) is 16.1. The van der Waals surface area contributed by atoms with Gasteiger partial charge in [0.25, 0.3) is 5.91 Å². The fourth-order valence-electron chi connectivity index (χ4n) is 5.27. The third kappa shape index (κ3) is 4.93. The average Bonchev–Trinajstić information content (AvgIpc) is 3.46. The summed E-state index contributed by atoms with van der Waals surface area (Å²) in [6.45, 7) is 9.02. The predicted octanol–water partition coefficient (Wildman–Crippen LogP) is 3.23. The normalized spacial score (nSPS) is 19.3. The molecule has 0 radical (unpaired) electrons. The number of thiazole rings is 1. The quantitative estimate of drug-likeness (QED) is 0.559. The van der Waals surface area contributed by atoms with Gasteiger partial charge in [0.15, 0.2) is 5.13 Å². The number of aromatic nitrogens is 2. The van der Waals surface area contributed by atoms with E-state index >= 15 is 0 Å². The summed E-state index contributed by atoms with van der Waals surface area (Å²) in [5.41, 5.74) is 9.02. The van der Waals surface area contributed by atoms with Gasteiger partial charge in [0, 0.05) is 72.9 Å². The number of amides is 1. The van der Waals surface area contributed by atoms with Crippen molar-refractivity contribution in [3.63, 3.8) is 0 Å². The molecule has 3 N–H and O–H groups in total. The van der Waals surface area contributed by atoms with Crippen molar-refractivity contribution in [3.8, 4) is 0 Å². The van der Waals surface area contributed by atoms with Crippen LogP contribution in [0.3, 0.4) is 0 Å². The molecule has 3 heterocycles. The number of anilines is 1. The Morgan fingerprint density at radius 1 is 1.24 bits per heavy atom. The van der Waals surface area contributed by atoms with Crippen LogP contribution in [0.25, 0.3) is 10.9 Å². The highest BCUT2D eigenvalue weighted by atomic mass is 32.1. The Bertz CT molecular complexity index is 1100. The van der Waals surface area contributed by atoms with E-state index in [-0.39, 0.29) is 5.91 Å². The number of nitrogens with one attached hydrogen (secondary N) is 1. The minimum absolute atomic E-state index is 0.146. The zero-order chi connectivity index (χ0) is 22.8. The molecule has 176 valence electrons. The predicted molar refractivity (Wildman–Crippen MR) is 135 cm³/mol. The molecule has 3 aromatic rings. The summed E-state index contributed by atoms with van der Waals surface area (Å²) in [4.78, 5) is 29.3. The average molecular weight is 467 g/mol. The largest absolute Gasteiger partial charge is 0.375 e. The van der Waals surface area contributed by atoms with E-state index in [0.29, 0.717) is 11.2 Å². The number of carbonyl (C=O) groups excluding carboxylic acids is 1. The van der Waals surface area contributed by atoms with Gasteiger partial charge in [-0.25, -0.2) is 4.98 Å². The topological polar surface area (TPSA) is 81.5 Å². The molecule has 8 heteroatoms. The van der Waals surface area contributed by atoms with E-state index in [4.69, 9.17) is 5.73 Å². The molecular formula is C25H34N6OS. The van der Waals surface area contributed by atoms with Crippen molar-refractivity contribution in [1.82, 2.24) is 24.7 Å². The molecule has 1 saturated heterocycles. The van der Waals surface area contributed by atoms with Gasteiger partial charge in [0.2, 0.25) is 0 Å². The Morgan fingerprint density at radius 3 is 2.91 bits per heavy atom. The Hall–Kier alpha value is -2.42. The lowest BCUT2D eigenvalue weighted by Crippen LogP contribution is -2.51. The van der Waals surface area contributed by atoms with E-state index in [2.05, 4.69) is 26.7 Å². The number of hydrogen-bond donors (Lipinski definition) is 2. The molecule has 2 aromatic heterocycles. The third-order valence-corrected chi connectivity index (χ3v) is 8.07. The van der Waals surface area contributed by atoms with Gasteiger partial charge in [-0.15, -0.1) is 11.3 Å². The second kappa shape index (κ2) is 9.83. The number of H-pyrrole nitrogens is 1. The van der Waals surface area contributed by atoms with Crippen molar-refractivity contribution in [2.24, 2.45) is 0 Å². The number of aryl methyl sites for hydroxylation is 1. The van der Waals surface area contributed by atoms with Crippen LogP contribution in [-0.4, -0.2) is 82.4 Å². The number of hydrogen-bond acceptors (Lipinski definition) is 6. The summed E-state index contributed by atoms with van der Waals surface area (Å²) >= 11 is 1.67. The van der Waals surface area contributed by atoms with Gasteiger partial charge in [-0.3, -0.25) is 14.6 Å². The molecule has 0 bridgehead atoms. The van der Waals surface area contributed by atoms with Gasteiger partial charge in [-0.2, -0.15) is 0 Å². The number of carbonyl (C=O) groups is 1. The first-order valence-corrected chi connectivity index (χ1v) is 13.0. The number of piperazine rings is 1. The summed E-state index contributed by atoms with van der Waals surface area (Å²) in [5.74, 6) is 0.146. The molecule has 1 amide bonds. The van der Waals surface area contributed by atoms with Crippen LogP contribution in [0.5, 0.6) is 0 Å². The zero-order valence-electron chi connectivity index (χ0n) is 19.4. The minimum Gasteiger partial charge on any atom is -0.375 e. The Labute approximate surface area is 199 Å². The molecule has 5 rings (SSSR count). The van der Waals surface area contributed by atoms with Crippen LogP contribution in [0.15, 0.2) is 30.5 Å². The monoisotopic (exact) mass is 466 g/mol. The van der Waals surface area contributed by atoms with Crippen molar-refractivity contribution >= 4 is 33.3 Å². The maximum absolute atomic E-state index is 13.0. The maximum Gasteiger partial charge on any atom is 0.253 e. The molecule has 1 atom stereocenters. The number of nitrogen functional groups attached to an aromatic ring is 1. The van der Waals surface area contributed by atoms with Crippen molar-refractivity contribution < 1.29 is 4.79 Å². The maximum atomic E-state index is 13.0. The van der Waals surface area contributed by atoms with Crippen molar-refractivity contribution in [2.75, 3.05) is 51.5 Å². The number of aromatic amines is 1. The van der Waals surface area contributed by atoms with E-state index in [9.17, 15) is 4.79 Å². The van der Waals surface area contributed by atoms with Crippen LogP contribution in [0.1, 0.15) is 40.7 Å². The highest BCUT2D eigenvalue weighted by Crippen LogP contribution is 2.30. The Kier molecular flexibility index (Phi) is 6.66. The van der Waals surface area contributed by atoms with Crippen LogP contribution < -0.4 is 5.73 Å². The number of benzene rings is 1. The molecule has 0 spiro atoms. The molecular weight excluding hydrogens is 432 g/mol. The molecule has 1 aromatic carbocycles. The van der Waals surface area contributed by atoms with E-state index < -0.39 is 0 Å². The summed E-state index contributed by atoms with van der Waals surface area (Å²) in [5, 5.41) is 1.80. The second-order valence-electron chi connectivity index (χ2n) is 9.27. The van der Waals surface area contributed by atoms with Crippen LogP contribution >= 0.6 is 11.3 Å². The van der Waals surface area contributed by atoms with Crippen LogP contribution in [0, 0.1) is 0 Å². The fraction of sp³-hybridized carbons (Fsp3) is 0.520.